The minimum Gasteiger partial charge on any atom is -0.491 e. The molecule has 0 saturated carbocycles. The summed E-state index contributed by atoms with van der Waals surface area (Å²) >= 11 is 1.48. The fourth-order valence-electron chi connectivity index (χ4n) is 2.66. The van der Waals surface area contributed by atoms with Crippen molar-refractivity contribution in [3.8, 4) is 27.1 Å². The molecule has 0 aliphatic rings. The van der Waals surface area contributed by atoms with Crippen LogP contribution in [0.15, 0.2) is 54.7 Å². The highest BCUT2D eigenvalue weighted by Crippen LogP contribution is 2.33. The van der Waals surface area contributed by atoms with E-state index >= 15 is 0 Å². The molecule has 0 aliphatic carbocycles. The number of carbonyl (C=O) groups is 1. The van der Waals surface area contributed by atoms with Gasteiger partial charge in [-0.1, -0.05) is 35.6 Å². The fourth-order valence-corrected chi connectivity index (χ4v) is 3.44. The van der Waals surface area contributed by atoms with Crippen molar-refractivity contribution in [2.24, 2.45) is 0 Å². The van der Waals surface area contributed by atoms with Crippen molar-refractivity contribution in [2.45, 2.75) is 26.4 Å². The second-order valence-corrected chi connectivity index (χ2v) is 7.59. The highest BCUT2D eigenvalue weighted by molar-refractivity contribution is 7.16. The quantitative estimate of drug-likeness (QED) is 0.544. The maximum absolute atomic E-state index is 11.1. The molecule has 7 heteroatoms. The van der Waals surface area contributed by atoms with Crippen LogP contribution in [-0.4, -0.2) is 30.8 Å². The van der Waals surface area contributed by atoms with Crippen molar-refractivity contribution in [3.05, 3.63) is 60.3 Å². The summed E-state index contributed by atoms with van der Waals surface area (Å²) in [5, 5.41) is 3.26. The highest BCUT2D eigenvalue weighted by atomic mass is 32.1. The standard InChI is InChI=1S/C22H24N2O4S/c1-15(2)27-18-7-9-19(10-8-18)28-22-24-14-20(29-22)17-6-4-5-16(13-17)11-12-23-21(25)26-3/h4-10,13-15H,11-12H2,1-3H3,(H,23,25). The van der Waals surface area contributed by atoms with Gasteiger partial charge in [0.1, 0.15) is 11.5 Å². The Bertz CT molecular complexity index is 938. The molecular weight excluding hydrogens is 388 g/mol. The second kappa shape index (κ2) is 9.93. The summed E-state index contributed by atoms with van der Waals surface area (Å²) in [5.74, 6) is 1.52. The molecule has 1 heterocycles. The Morgan fingerprint density at radius 2 is 1.90 bits per heavy atom. The Hall–Kier alpha value is -3.06. The molecule has 0 spiro atoms. The number of benzene rings is 2. The second-order valence-electron chi connectivity index (χ2n) is 6.60. The molecule has 0 fully saturated rings. The van der Waals surface area contributed by atoms with E-state index in [1.807, 2.05) is 62.5 Å². The summed E-state index contributed by atoms with van der Waals surface area (Å²) in [6.07, 6.45) is 2.24. The number of ether oxygens (including phenoxy) is 3. The van der Waals surface area contributed by atoms with Crippen molar-refractivity contribution in [1.82, 2.24) is 10.3 Å². The molecule has 3 rings (SSSR count). The zero-order valence-corrected chi connectivity index (χ0v) is 17.5. The average molecular weight is 413 g/mol. The van der Waals surface area contributed by atoms with Crippen LogP contribution < -0.4 is 14.8 Å². The summed E-state index contributed by atoms with van der Waals surface area (Å²) in [7, 11) is 1.35. The van der Waals surface area contributed by atoms with Gasteiger partial charge in [-0.2, -0.15) is 0 Å². The molecule has 152 valence electrons. The molecule has 6 nitrogen and oxygen atoms in total. The zero-order valence-electron chi connectivity index (χ0n) is 16.7. The number of rotatable bonds is 8. The number of nitrogens with zero attached hydrogens (tertiary/aromatic N) is 1. The van der Waals surface area contributed by atoms with Crippen molar-refractivity contribution in [1.29, 1.82) is 0 Å². The maximum atomic E-state index is 11.1. The van der Waals surface area contributed by atoms with Crippen LogP contribution in [0.2, 0.25) is 0 Å². The van der Waals surface area contributed by atoms with Gasteiger partial charge in [-0.3, -0.25) is 0 Å². The molecule has 3 aromatic rings. The Balaban J connectivity index is 1.62. The maximum Gasteiger partial charge on any atom is 0.406 e. The molecule has 0 bridgehead atoms. The predicted octanol–water partition coefficient (Wildman–Crippen LogP) is 5.29. The van der Waals surface area contributed by atoms with E-state index in [-0.39, 0.29) is 6.10 Å². The van der Waals surface area contributed by atoms with Gasteiger partial charge in [0.05, 0.1) is 18.1 Å². The predicted molar refractivity (Wildman–Crippen MR) is 114 cm³/mol. The van der Waals surface area contributed by atoms with Crippen LogP contribution in [0.5, 0.6) is 16.7 Å². The molecule has 0 unspecified atom stereocenters. The Kier molecular flexibility index (Phi) is 7.08. The molecule has 2 aromatic carbocycles. The van der Waals surface area contributed by atoms with Gasteiger partial charge in [-0.15, -0.1) is 0 Å². The van der Waals surface area contributed by atoms with Gasteiger partial charge in [0, 0.05) is 12.7 Å². The fraction of sp³-hybridized carbons (Fsp3) is 0.273. The van der Waals surface area contributed by atoms with Gasteiger partial charge >= 0.3 is 6.09 Å². The number of hydrogen-bond donors (Lipinski definition) is 1. The number of carbonyl (C=O) groups excluding carboxylic acids is 1. The third kappa shape index (κ3) is 6.22. The van der Waals surface area contributed by atoms with Crippen LogP contribution >= 0.6 is 11.3 Å². The zero-order chi connectivity index (χ0) is 20.6. The van der Waals surface area contributed by atoms with E-state index in [4.69, 9.17) is 9.47 Å². The average Bonchev–Trinajstić information content (AvgIpc) is 3.18. The van der Waals surface area contributed by atoms with Crippen molar-refractivity contribution >= 4 is 17.4 Å². The van der Waals surface area contributed by atoms with Crippen molar-refractivity contribution in [2.75, 3.05) is 13.7 Å². The summed E-state index contributed by atoms with van der Waals surface area (Å²) in [4.78, 5) is 16.5. The van der Waals surface area contributed by atoms with E-state index in [2.05, 4.69) is 21.1 Å². The van der Waals surface area contributed by atoms with E-state index in [0.29, 0.717) is 17.5 Å². The first-order valence-corrected chi connectivity index (χ1v) is 10.2. The van der Waals surface area contributed by atoms with Crippen LogP contribution in [0.25, 0.3) is 10.4 Å². The van der Waals surface area contributed by atoms with Crippen molar-refractivity contribution in [3.63, 3.8) is 0 Å². The van der Waals surface area contributed by atoms with Crippen LogP contribution in [-0.2, 0) is 11.2 Å². The van der Waals surface area contributed by atoms with Crippen LogP contribution in [0.3, 0.4) is 0 Å². The first-order valence-electron chi connectivity index (χ1n) is 9.35. The topological polar surface area (TPSA) is 69.7 Å². The van der Waals surface area contributed by atoms with E-state index in [1.54, 1.807) is 0 Å². The van der Waals surface area contributed by atoms with Crippen molar-refractivity contribution < 1.29 is 19.0 Å². The number of aromatic nitrogens is 1. The third-order valence-corrected chi connectivity index (χ3v) is 4.89. The normalized spacial score (nSPS) is 10.6. The molecular formula is C22H24N2O4S. The number of nitrogens with one attached hydrogen (secondary N) is 1. The lowest BCUT2D eigenvalue weighted by Crippen LogP contribution is -2.25. The molecule has 0 atom stereocenters. The monoisotopic (exact) mass is 412 g/mol. The van der Waals surface area contributed by atoms with E-state index in [0.717, 1.165) is 28.2 Å². The third-order valence-electron chi connectivity index (χ3n) is 3.97. The minimum absolute atomic E-state index is 0.135. The summed E-state index contributed by atoms with van der Waals surface area (Å²) < 4.78 is 16.1. The van der Waals surface area contributed by atoms with Gasteiger partial charge in [0.2, 0.25) is 0 Å². The highest BCUT2D eigenvalue weighted by Gasteiger charge is 2.08. The number of amides is 1. The van der Waals surface area contributed by atoms with Gasteiger partial charge in [-0.25, -0.2) is 9.78 Å². The van der Waals surface area contributed by atoms with Gasteiger partial charge < -0.3 is 19.5 Å². The molecule has 29 heavy (non-hydrogen) atoms. The number of thiazole rings is 1. The lowest BCUT2D eigenvalue weighted by molar-refractivity contribution is 0.171. The Labute approximate surface area is 174 Å². The van der Waals surface area contributed by atoms with E-state index in [9.17, 15) is 4.79 Å². The minimum atomic E-state index is -0.422. The number of hydrogen-bond acceptors (Lipinski definition) is 6. The molecule has 0 aliphatic heterocycles. The molecule has 0 radical (unpaired) electrons. The number of methoxy groups -OCH3 is 1. The van der Waals surface area contributed by atoms with Gasteiger partial charge in [-0.05, 0) is 55.7 Å². The lowest BCUT2D eigenvalue weighted by atomic mass is 10.1. The van der Waals surface area contributed by atoms with Gasteiger partial charge in [0.15, 0.2) is 0 Å². The Morgan fingerprint density at radius 3 is 2.62 bits per heavy atom. The SMILES string of the molecule is COC(=O)NCCc1cccc(-c2cnc(Oc3ccc(OC(C)C)cc3)s2)c1. The molecule has 1 amide bonds. The van der Waals surface area contributed by atoms with Crippen LogP contribution in [0.1, 0.15) is 19.4 Å². The molecule has 1 N–H and O–H groups in total. The summed E-state index contributed by atoms with van der Waals surface area (Å²) in [5.41, 5.74) is 2.18. The smallest absolute Gasteiger partial charge is 0.406 e. The van der Waals surface area contributed by atoms with Crippen LogP contribution in [0.4, 0.5) is 4.79 Å². The first-order chi connectivity index (χ1) is 14.0. The summed E-state index contributed by atoms with van der Waals surface area (Å²) in [6, 6.07) is 15.7. The largest absolute Gasteiger partial charge is 0.491 e. The first kappa shape index (κ1) is 20.7. The molecule has 1 aromatic heterocycles. The summed E-state index contributed by atoms with van der Waals surface area (Å²) in [6.45, 7) is 4.50. The number of alkyl carbamates (subject to hydrolysis) is 1. The van der Waals surface area contributed by atoms with E-state index < -0.39 is 6.09 Å². The van der Waals surface area contributed by atoms with Crippen LogP contribution in [0, 0.1) is 0 Å². The molecule has 0 saturated heterocycles. The van der Waals surface area contributed by atoms with Gasteiger partial charge in [0.25, 0.3) is 5.19 Å². The van der Waals surface area contributed by atoms with E-state index in [1.165, 1.54) is 18.4 Å². The lowest BCUT2D eigenvalue weighted by Gasteiger charge is -2.09. The Morgan fingerprint density at radius 1 is 1.14 bits per heavy atom.